The SMILES string of the molecule is CC(C)(O)c1ccccc1CCCc1cccc(/C=C/c2ccc3ccc(Cl)cc3n2)c1.CC1(C)CCC1.CS. The second-order valence-corrected chi connectivity index (χ2v) is 12.2. The highest BCUT2D eigenvalue weighted by molar-refractivity contribution is 7.79. The quantitative estimate of drug-likeness (QED) is 0.216. The van der Waals surface area contributed by atoms with Crippen LogP contribution in [0.1, 0.15) is 81.3 Å². The number of hydrogen-bond acceptors (Lipinski definition) is 3. The first-order valence-electron chi connectivity index (χ1n) is 14.2. The number of halogens is 1. The van der Waals surface area contributed by atoms with E-state index in [1.165, 1.54) is 30.4 Å². The zero-order valence-electron chi connectivity index (χ0n) is 24.6. The molecule has 3 aromatic carbocycles. The van der Waals surface area contributed by atoms with Crippen LogP contribution in [0.3, 0.4) is 0 Å². The van der Waals surface area contributed by atoms with Crippen molar-refractivity contribution in [3.8, 4) is 0 Å². The van der Waals surface area contributed by atoms with Gasteiger partial charge in [-0.1, -0.05) is 98.6 Å². The van der Waals surface area contributed by atoms with Crippen LogP contribution < -0.4 is 0 Å². The van der Waals surface area contributed by atoms with Crippen LogP contribution in [-0.2, 0) is 18.4 Å². The van der Waals surface area contributed by atoms with Gasteiger partial charge in [0.2, 0.25) is 0 Å². The summed E-state index contributed by atoms with van der Waals surface area (Å²) < 4.78 is 0. The molecule has 40 heavy (non-hydrogen) atoms. The van der Waals surface area contributed by atoms with E-state index < -0.39 is 5.60 Å². The monoisotopic (exact) mass is 573 g/mol. The molecule has 1 heterocycles. The fourth-order valence-electron chi connectivity index (χ4n) is 4.93. The minimum Gasteiger partial charge on any atom is -0.386 e. The minimum atomic E-state index is -0.816. The molecule has 0 atom stereocenters. The molecule has 1 aliphatic carbocycles. The smallest absolute Gasteiger partial charge is 0.0843 e. The van der Waals surface area contributed by atoms with E-state index in [0.717, 1.165) is 52.4 Å². The number of benzene rings is 3. The highest BCUT2D eigenvalue weighted by atomic mass is 35.5. The van der Waals surface area contributed by atoms with Gasteiger partial charge in [-0.05, 0) is 104 Å². The molecule has 0 spiro atoms. The van der Waals surface area contributed by atoms with E-state index >= 15 is 0 Å². The highest BCUT2D eigenvalue weighted by Crippen LogP contribution is 2.39. The Hall–Kier alpha value is -2.59. The molecule has 1 fully saturated rings. The van der Waals surface area contributed by atoms with Crippen molar-refractivity contribution in [3.63, 3.8) is 0 Å². The van der Waals surface area contributed by atoms with Crippen molar-refractivity contribution in [1.29, 1.82) is 0 Å². The summed E-state index contributed by atoms with van der Waals surface area (Å²) in [6, 6.07) is 26.7. The van der Waals surface area contributed by atoms with E-state index in [0.29, 0.717) is 5.02 Å². The predicted molar refractivity (Wildman–Crippen MR) is 178 cm³/mol. The summed E-state index contributed by atoms with van der Waals surface area (Å²) in [7, 11) is 0. The van der Waals surface area contributed by atoms with Crippen LogP contribution in [0, 0.1) is 5.41 Å². The summed E-state index contributed by atoms with van der Waals surface area (Å²) >= 11 is 9.63. The van der Waals surface area contributed by atoms with Gasteiger partial charge in [-0.15, -0.1) is 0 Å². The fraction of sp³-hybridized carbons (Fsp3) is 0.361. The van der Waals surface area contributed by atoms with E-state index in [1.807, 2.05) is 62.4 Å². The van der Waals surface area contributed by atoms with Gasteiger partial charge in [0.05, 0.1) is 16.8 Å². The van der Waals surface area contributed by atoms with Gasteiger partial charge in [0, 0.05) is 10.4 Å². The zero-order chi connectivity index (χ0) is 29.2. The molecule has 1 N–H and O–H groups in total. The fourth-order valence-corrected chi connectivity index (χ4v) is 5.10. The maximum atomic E-state index is 10.4. The Morgan fingerprint density at radius 1 is 0.900 bits per heavy atom. The number of aryl methyl sites for hydroxylation is 2. The molecule has 2 nitrogen and oxygen atoms in total. The van der Waals surface area contributed by atoms with Gasteiger partial charge in [-0.2, -0.15) is 12.6 Å². The lowest BCUT2D eigenvalue weighted by molar-refractivity contribution is 0.0776. The average Bonchev–Trinajstić information content (AvgIpc) is 2.92. The molecule has 4 heteroatoms. The van der Waals surface area contributed by atoms with E-state index in [1.54, 1.807) is 6.26 Å². The van der Waals surface area contributed by atoms with Gasteiger partial charge >= 0.3 is 0 Å². The van der Waals surface area contributed by atoms with Crippen LogP contribution in [0.2, 0.25) is 5.02 Å². The number of thiol groups is 1. The first-order chi connectivity index (χ1) is 19.1. The predicted octanol–water partition coefficient (Wildman–Crippen LogP) is 10.2. The van der Waals surface area contributed by atoms with Crippen molar-refractivity contribution in [1.82, 2.24) is 4.98 Å². The van der Waals surface area contributed by atoms with Gasteiger partial charge in [-0.3, -0.25) is 0 Å². The number of pyridine rings is 1. The number of aromatic nitrogens is 1. The van der Waals surface area contributed by atoms with E-state index in [2.05, 4.69) is 69.0 Å². The van der Waals surface area contributed by atoms with Crippen molar-refractivity contribution in [2.75, 3.05) is 6.26 Å². The van der Waals surface area contributed by atoms with Gasteiger partial charge in [0.1, 0.15) is 0 Å². The van der Waals surface area contributed by atoms with Crippen LogP contribution in [0.4, 0.5) is 0 Å². The lowest BCUT2D eigenvalue weighted by atomic mass is 9.72. The molecule has 0 aliphatic heterocycles. The first-order valence-corrected chi connectivity index (χ1v) is 15.5. The molecule has 1 aromatic heterocycles. The number of rotatable bonds is 7. The van der Waals surface area contributed by atoms with E-state index in [4.69, 9.17) is 16.6 Å². The second kappa shape index (κ2) is 14.9. The highest BCUT2D eigenvalue weighted by Gasteiger charge is 2.25. The topological polar surface area (TPSA) is 33.1 Å². The maximum absolute atomic E-state index is 10.4. The van der Waals surface area contributed by atoms with Crippen LogP contribution in [-0.4, -0.2) is 16.3 Å². The van der Waals surface area contributed by atoms with E-state index in [-0.39, 0.29) is 0 Å². The Kier molecular flexibility index (Phi) is 11.9. The average molecular weight is 574 g/mol. The normalized spacial score (nSPS) is 14.1. The Morgan fingerprint density at radius 3 is 2.27 bits per heavy atom. The molecule has 0 bridgehead atoms. The summed E-state index contributed by atoms with van der Waals surface area (Å²) in [5, 5.41) is 12.2. The molecule has 4 aromatic rings. The molecular weight excluding hydrogens is 530 g/mol. The third-order valence-electron chi connectivity index (χ3n) is 7.37. The minimum absolute atomic E-state index is 0.698. The lowest BCUT2D eigenvalue weighted by Gasteiger charge is -2.33. The Labute approximate surface area is 251 Å². The Bertz CT molecular complexity index is 1400. The number of nitrogens with zero attached hydrogens (tertiary/aromatic N) is 1. The lowest BCUT2D eigenvalue weighted by Crippen LogP contribution is -2.20. The molecule has 5 rings (SSSR count). The van der Waals surface area contributed by atoms with Gasteiger partial charge < -0.3 is 5.11 Å². The standard InChI is InChI=1S/C29H28ClNO.C6H12.CH4S/c1-29(2,32)27-12-4-3-10-23(27)11-6-9-21-7-5-8-22(19-21)13-17-26-18-15-24-14-16-25(30)20-28(24)31-26;1-6(2)4-3-5-6;1-2/h3-5,7-8,10,12-20,32H,6,9,11H2,1-2H3;3-5H2,1-2H3;2H,1H3/b17-13+;;. The van der Waals surface area contributed by atoms with Crippen LogP contribution >= 0.6 is 24.2 Å². The van der Waals surface area contributed by atoms with E-state index in [9.17, 15) is 5.11 Å². The van der Waals surface area contributed by atoms with Crippen LogP contribution in [0.5, 0.6) is 0 Å². The van der Waals surface area contributed by atoms with Gasteiger partial charge in [0.15, 0.2) is 0 Å². The van der Waals surface area contributed by atoms with Crippen molar-refractivity contribution in [2.45, 2.75) is 71.8 Å². The molecule has 0 unspecified atom stereocenters. The Balaban J connectivity index is 0.000000481. The maximum Gasteiger partial charge on any atom is 0.0843 e. The van der Waals surface area contributed by atoms with Gasteiger partial charge in [-0.25, -0.2) is 4.98 Å². The largest absolute Gasteiger partial charge is 0.386 e. The van der Waals surface area contributed by atoms with Crippen molar-refractivity contribution >= 4 is 47.3 Å². The molecule has 212 valence electrons. The summed E-state index contributed by atoms with van der Waals surface area (Å²) in [6.07, 6.45) is 13.2. The third kappa shape index (κ3) is 9.80. The summed E-state index contributed by atoms with van der Waals surface area (Å²) in [5.74, 6) is 0. The molecule has 1 aliphatic rings. The van der Waals surface area contributed by atoms with Gasteiger partial charge in [0.25, 0.3) is 0 Å². The first kappa shape index (κ1) is 31.9. The zero-order valence-corrected chi connectivity index (χ0v) is 26.3. The number of aliphatic hydroxyl groups is 1. The summed E-state index contributed by atoms with van der Waals surface area (Å²) in [4.78, 5) is 4.69. The van der Waals surface area contributed by atoms with Crippen molar-refractivity contribution in [3.05, 3.63) is 112 Å². The van der Waals surface area contributed by atoms with Crippen LogP contribution in [0.15, 0.2) is 78.9 Å². The number of fused-ring (bicyclic) bond motifs is 1. The molecule has 0 radical (unpaired) electrons. The second-order valence-electron chi connectivity index (χ2n) is 11.7. The summed E-state index contributed by atoms with van der Waals surface area (Å²) in [6.45, 7) is 8.36. The molecule has 0 amide bonds. The molecule has 0 saturated heterocycles. The third-order valence-corrected chi connectivity index (χ3v) is 7.60. The van der Waals surface area contributed by atoms with Crippen molar-refractivity contribution in [2.24, 2.45) is 5.41 Å². The van der Waals surface area contributed by atoms with Crippen molar-refractivity contribution < 1.29 is 5.11 Å². The number of hydrogen-bond donors (Lipinski definition) is 2. The molecular formula is C36H44ClNOS. The summed E-state index contributed by atoms with van der Waals surface area (Å²) in [5.41, 5.74) is 6.43. The Morgan fingerprint density at radius 2 is 1.60 bits per heavy atom. The van der Waals surface area contributed by atoms with Crippen LogP contribution in [0.25, 0.3) is 23.1 Å². The molecule has 1 saturated carbocycles.